The van der Waals surface area contributed by atoms with E-state index >= 15 is 0 Å². The number of nitrogens with zero attached hydrogens (tertiary/aromatic N) is 2. The third kappa shape index (κ3) is 3.04. The lowest BCUT2D eigenvalue weighted by Crippen LogP contribution is -1.98. The smallest absolute Gasteiger partial charge is 0.173 e. The summed E-state index contributed by atoms with van der Waals surface area (Å²) in [5.74, 6) is 1.10. The summed E-state index contributed by atoms with van der Waals surface area (Å²) in [5.41, 5.74) is 9.43. The molecule has 0 spiro atoms. The van der Waals surface area contributed by atoms with Gasteiger partial charge in [-0.1, -0.05) is 29.8 Å². The van der Waals surface area contributed by atoms with Crippen molar-refractivity contribution in [3.8, 4) is 17.0 Å². The predicted molar refractivity (Wildman–Crippen MR) is 86.8 cm³/mol. The first kappa shape index (κ1) is 14.4. The molecular weight excluding hydrogens is 300 g/mol. The maximum Gasteiger partial charge on any atom is 0.173 e. The number of hydrogen-bond acceptors (Lipinski definition) is 4. The second-order valence-corrected chi connectivity index (χ2v) is 5.38. The Morgan fingerprint density at radius 3 is 2.82 bits per heavy atom. The second-order valence-electron chi connectivity index (χ2n) is 4.94. The average Bonchev–Trinajstić information content (AvgIpc) is 2.95. The molecule has 1 heterocycles. The number of hydrogen-bond donors (Lipinski definition) is 2. The van der Waals surface area contributed by atoms with Gasteiger partial charge < -0.3 is 10.5 Å². The topological polar surface area (TPSA) is 76.8 Å². The van der Waals surface area contributed by atoms with Crippen LogP contribution in [0.1, 0.15) is 11.1 Å². The molecule has 0 aliphatic rings. The normalized spacial score (nSPS) is 10.6. The zero-order chi connectivity index (χ0) is 15.5. The molecule has 0 radical (unpaired) electrons. The van der Waals surface area contributed by atoms with Crippen LogP contribution in [0, 0.1) is 6.92 Å². The highest BCUT2D eigenvalue weighted by Gasteiger charge is 2.08. The summed E-state index contributed by atoms with van der Waals surface area (Å²) < 4.78 is 5.85. The fraction of sp³-hybridized carbons (Fsp3) is 0.125. The van der Waals surface area contributed by atoms with E-state index in [0.717, 1.165) is 22.4 Å². The maximum absolute atomic E-state index is 6.02. The number of nitrogens with one attached hydrogen (secondary N) is 1. The van der Waals surface area contributed by atoms with Crippen molar-refractivity contribution in [3.63, 3.8) is 0 Å². The molecule has 6 heteroatoms. The average molecular weight is 315 g/mol. The highest BCUT2D eigenvalue weighted by molar-refractivity contribution is 6.30. The molecule has 1 aromatic heterocycles. The van der Waals surface area contributed by atoms with Crippen molar-refractivity contribution < 1.29 is 4.74 Å². The molecule has 0 amide bonds. The summed E-state index contributed by atoms with van der Waals surface area (Å²) in [6, 6.07) is 13.3. The maximum atomic E-state index is 6.02. The first-order chi connectivity index (χ1) is 10.6. The molecule has 0 aliphatic carbocycles. The van der Waals surface area contributed by atoms with Crippen LogP contribution in [0.4, 0.5) is 5.82 Å². The van der Waals surface area contributed by atoms with E-state index in [2.05, 4.69) is 15.4 Å². The zero-order valence-corrected chi connectivity index (χ0v) is 12.8. The van der Waals surface area contributed by atoms with Crippen molar-refractivity contribution in [2.75, 3.05) is 5.73 Å². The van der Waals surface area contributed by atoms with Crippen molar-refractivity contribution in [1.82, 2.24) is 15.4 Å². The minimum atomic E-state index is 0.364. The standard InChI is InChI=1S/C16H15ClN4O/c1-10-5-6-13(17)7-12(10)9-22-14-4-2-3-11(8-14)15-16(18)20-21-19-15/h2-8H,9H2,1H3,(H3,18,19,20,21). The Bertz CT molecular complexity index is 800. The van der Waals surface area contributed by atoms with Gasteiger partial charge in [-0.3, -0.25) is 0 Å². The quantitative estimate of drug-likeness (QED) is 0.771. The SMILES string of the molecule is Cc1ccc(Cl)cc1COc1cccc(-c2n[nH]nc2N)c1. The number of benzene rings is 2. The lowest BCUT2D eigenvalue weighted by Gasteiger charge is -2.10. The van der Waals surface area contributed by atoms with Crippen LogP contribution in [0.15, 0.2) is 42.5 Å². The molecule has 2 aromatic carbocycles. The van der Waals surface area contributed by atoms with E-state index in [1.54, 1.807) is 0 Å². The summed E-state index contributed by atoms with van der Waals surface area (Å²) in [6.45, 7) is 2.48. The zero-order valence-electron chi connectivity index (χ0n) is 12.0. The summed E-state index contributed by atoms with van der Waals surface area (Å²) in [7, 11) is 0. The van der Waals surface area contributed by atoms with E-state index in [0.29, 0.717) is 23.1 Å². The summed E-state index contributed by atoms with van der Waals surface area (Å²) in [4.78, 5) is 0. The molecular formula is C16H15ClN4O. The van der Waals surface area contributed by atoms with Crippen molar-refractivity contribution >= 4 is 17.4 Å². The van der Waals surface area contributed by atoms with Crippen LogP contribution in [0.2, 0.25) is 5.02 Å². The molecule has 3 aromatic rings. The van der Waals surface area contributed by atoms with Gasteiger partial charge in [0.25, 0.3) is 0 Å². The predicted octanol–water partition coefficient (Wildman–Crippen LogP) is 3.59. The van der Waals surface area contributed by atoms with Crippen LogP contribution < -0.4 is 10.5 Å². The van der Waals surface area contributed by atoms with Crippen molar-refractivity contribution in [2.45, 2.75) is 13.5 Å². The Morgan fingerprint density at radius 2 is 2.05 bits per heavy atom. The molecule has 0 bridgehead atoms. The first-order valence-corrected chi connectivity index (χ1v) is 7.16. The van der Waals surface area contributed by atoms with Crippen molar-refractivity contribution in [2.24, 2.45) is 0 Å². The van der Waals surface area contributed by atoms with E-state index in [1.807, 2.05) is 49.4 Å². The van der Waals surface area contributed by atoms with Crippen LogP contribution in [0.5, 0.6) is 5.75 Å². The Hall–Kier alpha value is -2.53. The Morgan fingerprint density at radius 1 is 1.18 bits per heavy atom. The van der Waals surface area contributed by atoms with E-state index in [9.17, 15) is 0 Å². The number of nitrogen functional groups attached to an aromatic ring is 1. The fourth-order valence-electron chi connectivity index (χ4n) is 2.14. The molecule has 3 N–H and O–H groups in total. The number of rotatable bonds is 4. The number of aromatic amines is 1. The largest absolute Gasteiger partial charge is 0.489 e. The number of halogens is 1. The second kappa shape index (κ2) is 6.07. The van der Waals surface area contributed by atoms with Gasteiger partial charge in [-0.05, 0) is 42.3 Å². The van der Waals surface area contributed by atoms with Crippen molar-refractivity contribution in [3.05, 3.63) is 58.6 Å². The third-order valence-electron chi connectivity index (χ3n) is 3.39. The molecule has 0 aliphatic heterocycles. The van der Waals surface area contributed by atoms with Gasteiger partial charge in [-0.2, -0.15) is 10.3 Å². The lowest BCUT2D eigenvalue weighted by atomic mass is 10.1. The van der Waals surface area contributed by atoms with Gasteiger partial charge in [0.15, 0.2) is 5.82 Å². The molecule has 0 atom stereocenters. The van der Waals surface area contributed by atoms with Crippen LogP contribution >= 0.6 is 11.6 Å². The van der Waals surface area contributed by atoms with Gasteiger partial charge in [0.2, 0.25) is 0 Å². The van der Waals surface area contributed by atoms with Crippen LogP contribution in [0.25, 0.3) is 11.3 Å². The van der Waals surface area contributed by atoms with Gasteiger partial charge in [0, 0.05) is 10.6 Å². The fourth-order valence-corrected chi connectivity index (χ4v) is 2.34. The lowest BCUT2D eigenvalue weighted by molar-refractivity contribution is 0.305. The minimum absolute atomic E-state index is 0.364. The van der Waals surface area contributed by atoms with Crippen LogP contribution in [-0.2, 0) is 6.61 Å². The van der Waals surface area contributed by atoms with Gasteiger partial charge in [0.05, 0.1) is 0 Å². The molecule has 3 rings (SSSR count). The third-order valence-corrected chi connectivity index (χ3v) is 3.62. The van der Waals surface area contributed by atoms with Gasteiger partial charge >= 0.3 is 0 Å². The molecule has 5 nitrogen and oxygen atoms in total. The van der Waals surface area contributed by atoms with Crippen LogP contribution in [0.3, 0.4) is 0 Å². The number of H-pyrrole nitrogens is 1. The van der Waals surface area contributed by atoms with Gasteiger partial charge in [-0.25, -0.2) is 0 Å². The monoisotopic (exact) mass is 314 g/mol. The highest BCUT2D eigenvalue weighted by Crippen LogP contribution is 2.26. The Labute approximate surface area is 133 Å². The minimum Gasteiger partial charge on any atom is -0.489 e. The van der Waals surface area contributed by atoms with E-state index in [1.165, 1.54) is 0 Å². The number of anilines is 1. The molecule has 22 heavy (non-hydrogen) atoms. The Kier molecular flexibility index (Phi) is 3.98. The summed E-state index contributed by atoms with van der Waals surface area (Å²) in [5, 5.41) is 11.1. The van der Waals surface area contributed by atoms with E-state index < -0.39 is 0 Å². The Balaban J connectivity index is 1.79. The first-order valence-electron chi connectivity index (χ1n) is 6.78. The van der Waals surface area contributed by atoms with E-state index in [4.69, 9.17) is 22.1 Å². The number of aromatic nitrogens is 3. The van der Waals surface area contributed by atoms with Crippen LogP contribution in [-0.4, -0.2) is 15.4 Å². The van der Waals surface area contributed by atoms with E-state index in [-0.39, 0.29) is 0 Å². The highest BCUT2D eigenvalue weighted by atomic mass is 35.5. The summed E-state index contributed by atoms with van der Waals surface area (Å²) in [6.07, 6.45) is 0. The van der Waals surface area contributed by atoms with Crippen molar-refractivity contribution in [1.29, 1.82) is 0 Å². The molecule has 0 saturated carbocycles. The molecule has 0 unspecified atom stereocenters. The number of aryl methyl sites for hydroxylation is 1. The number of ether oxygens (including phenoxy) is 1. The van der Waals surface area contributed by atoms with Gasteiger partial charge in [-0.15, -0.1) is 5.10 Å². The molecule has 0 fully saturated rings. The van der Waals surface area contributed by atoms with Gasteiger partial charge in [0.1, 0.15) is 18.1 Å². The number of nitrogens with two attached hydrogens (primary N) is 1. The molecule has 0 saturated heterocycles. The molecule has 112 valence electrons. The summed E-state index contributed by atoms with van der Waals surface area (Å²) >= 11 is 6.02.